The number of imidazole rings is 1. The molecular formula is C17H23N3O. The number of hydrogen-bond donors (Lipinski definition) is 1. The molecule has 1 saturated heterocycles. The summed E-state index contributed by atoms with van der Waals surface area (Å²) in [7, 11) is 0. The van der Waals surface area contributed by atoms with Crippen LogP contribution in [0.4, 0.5) is 0 Å². The van der Waals surface area contributed by atoms with Gasteiger partial charge in [0.1, 0.15) is 0 Å². The van der Waals surface area contributed by atoms with Gasteiger partial charge in [-0.15, -0.1) is 0 Å². The monoisotopic (exact) mass is 285 g/mol. The first-order valence-electron chi connectivity index (χ1n) is 7.66. The van der Waals surface area contributed by atoms with Gasteiger partial charge in [0, 0.05) is 36.8 Å². The Labute approximate surface area is 126 Å². The fraction of sp³-hybridized carbons (Fsp3) is 0.471. The van der Waals surface area contributed by atoms with Gasteiger partial charge in [-0.25, -0.2) is 4.98 Å². The SMILES string of the molecule is CC(NC(C)C1CCOC1)c1ccc(-n2ccnc2)cc1. The molecule has 0 spiro atoms. The van der Waals surface area contributed by atoms with Crippen LogP contribution in [0.3, 0.4) is 0 Å². The molecule has 0 bridgehead atoms. The number of hydrogen-bond acceptors (Lipinski definition) is 3. The molecule has 3 rings (SSSR count). The number of nitrogens with one attached hydrogen (secondary N) is 1. The summed E-state index contributed by atoms with van der Waals surface area (Å²) in [6.45, 7) is 6.28. The van der Waals surface area contributed by atoms with E-state index >= 15 is 0 Å². The molecule has 1 aliphatic heterocycles. The smallest absolute Gasteiger partial charge is 0.0991 e. The van der Waals surface area contributed by atoms with E-state index in [1.54, 1.807) is 6.20 Å². The Kier molecular flexibility index (Phi) is 4.36. The average Bonchev–Trinajstić information content (AvgIpc) is 3.20. The number of benzene rings is 1. The molecule has 0 saturated carbocycles. The van der Waals surface area contributed by atoms with Crippen LogP contribution >= 0.6 is 0 Å². The van der Waals surface area contributed by atoms with Gasteiger partial charge in [-0.3, -0.25) is 0 Å². The minimum absolute atomic E-state index is 0.345. The molecule has 1 aromatic carbocycles. The lowest BCUT2D eigenvalue weighted by Gasteiger charge is -2.24. The Morgan fingerprint density at radius 3 is 2.71 bits per heavy atom. The molecule has 0 radical (unpaired) electrons. The van der Waals surface area contributed by atoms with Gasteiger partial charge in [-0.1, -0.05) is 12.1 Å². The predicted molar refractivity (Wildman–Crippen MR) is 83.5 cm³/mol. The quantitative estimate of drug-likeness (QED) is 0.918. The van der Waals surface area contributed by atoms with E-state index in [-0.39, 0.29) is 0 Å². The van der Waals surface area contributed by atoms with E-state index in [1.165, 1.54) is 12.0 Å². The largest absolute Gasteiger partial charge is 0.381 e. The summed E-state index contributed by atoms with van der Waals surface area (Å²) in [4.78, 5) is 4.08. The molecule has 1 aliphatic rings. The summed E-state index contributed by atoms with van der Waals surface area (Å²) >= 11 is 0. The lowest BCUT2D eigenvalue weighted by atomic mass is 9.98. The molecule has 0 aliphatic carbocycles. The van der Waals surface area contributed by atoms with E-state index in [1.807, 2.05) is 17.1 Å². The van der Waals surface area contributed by atoms with Gasteiger partial charge in [-0.2, -0.15) is 0 Å². The number of ether oxygens (including phenoxy) is 1. The van der Waals surface area contributed by atoms with E-state index < -0.39 is 0 Å². The number of aromatic nitrogens is 2. The lowest BCUT2D eigenvalue weighted by Crippen LogP contribution is -2.35. The van der Waals surface area contributed by atoms with Crippen LogP contribution in [0.2, 0.25) is 0 Å². The molecule has 0 amide bonds. The van der Waals surface area contributed by atoms with Crippen molar-refractivity contribution in [3.63, 3.8) is 0 Å². The molecule has 4 heteroatoms. The van der Waals surface area contributed by atoms with Crippen molar-refractivity contribution < 1.29 is 4.74 Å². The summed E-state index contributed by atoms with van der Waals surface area (Å²) in [6, 6.07) is 9.47. The van der Waals surface area contributed by atoms with Gasteiger partial charge < -0.3 is 14.6 Å². The highest BCUT2D eigenvalue weighted by atomic mass is 16.5. The van der Waals surface area contributed by atoms with Gasteiger partial charge in [0.15, 0.2) is 0 Å². The maximum absolute atomic E-state index is 5.47. The lowest BCUT2D eigenvalue weighted by molar-refractivity contribution is 0.177. The molecule has 3 atom stereocenters. The molecule has 21 heavy (non-hydrogen) atoms. The van der Waals surface area contributed by atoms with Crippen molar-refractivity contribution in [2.24, 2.45) is 5.92 Å². The first-order valence-corrected chi connectivity index (χ1v) is 7.66. The fourth-order valence-corrected chi connectivity index (χ4v) is 2.92. The molecule has 4 nitrogen and oxygen atoms in total. The second kappa shape index (κ2) is 6.41. The zero-order valence-electron chi connectivity index (χ0n) is 12.7. The van der Waals surface area contributed by atoms with Gasteiger partial charge >= 0.3 is 0 Å². The van der Waals surface area contributed by atoms with Gasteiger partial charge in [0.05, 0.1) is 12.9 Å². The van der Waals surface area contributed by atoms with Crippen molar-refractivity contribution in [1.29, 1.82) is 0 Å². The number of rotatable bonds is 5. The highest BCUT2D eigenvalue weighted by Gasteiger charge is 2.23. The van der Waals surface area contributed by atoms with Crippen molar-refractivity contribution in [3.05, 3.63) is 48.5 Å². The molecule has 1 N–H and O–H groups in total. The van der Waals surface area contributed by atoms with Crippen molar-refractivity contribution in [3.8, 4) is 5.69 Å². The average molecular weight is 285 g/mol. The van der Waals surface area contributed by atoms with Crippen LogP contribution in [0, 0.1) is 5.92 Å². The first-order chi connectivity index (χ1) is 10.2. The molecule has 3 unspecified atom stereocenters. The van der Waals surface area contributed by atoms with Gasteiger partial charge in [-0.05, 0) is 43.9 Å². The van der Waals surface area contributed by atoms with Crippen LogP contribution in [0.25, 0.3) is 5.69 Å². The molecular weight excluding hydrogens is 262 g/mol. The molecule has 2 heterocycles. The highest BCUT2D eigenvalue weighted by molar-refractivity contribution is 5.35. The van der Waals surface area contributed by atoms with E-state index in [9.17, 15) is 0 Å². The van der Waals surface area contributed by atoms with Crippen LogP contribution in [0.15, 0.2) is 43.0 Å². The first kappa shape index (κ1) is 14.3. The summed E-state index contributed by atoms with van der Waals surface area (Å²) in [5.41, 5.74) is 2.45. The fourth-order valence-electron chi connectivity index (χ4n) is 2.92. The van der Waals surface area contributed by atoms with Gasteiger partial charge in [0.2, 0.25) is 0 Å². The zero-order chi connectivity index (χ0) is 14.7. The third kappa shape index (κ3) is 3.34. The Hall–Kier alpha value is -1.65. The van der Waals surface area contributed by atoms with E-state index in [2.05, 4.69) is 48.4 Å². The topological polar surface area (TPSA) is 39.1 Å². The van der Waals surface area contributed by atoms with Crippen LogP contribution in [0.5, 0.6) is 0 Å². The molecule has 2 aromatic rings. The molecule has 1 fully saturated rings. The minimum Gasteiger partial charge on any atom is -0.381 e. The Bertz CT molecular complexity index is 544. The van der Waals surface area contributed by atoms with Gasteiger partial charge in [0.25, 0.3) is 0 Å². The Morgan fingerprint density at radius 1 is 1.29 bits per heavy atom. The highest BCUT2D eigenvalue weighted by Crippen LogP contribution is 2.21. The van der Waals surface area contributed by atoms with Crippen LogP contribution in [0.1, 0.15) is 31.9 Å². The minimum atomic E-state index is 0.345. The van der Waals surface area contributed by atoms with Crippen molar-refractivity contribution in [2.45, 2.75) is 32.4 Å². The van der Waals surface area contributed by atoms with Crippen molar-refractivity contribution in [1.82, 2.24) is 14.9 Å². The van der Waals surface area contributed by atoms with E-state index in [4.69, 9.17) is 4.74 Å². The van der Waals surface area contributed by atoms with Crippen molar-refractivity contribution in [2.75, 3.05) is 13.2 Å². The van der Waals surface area contributed by atoms with E-state index in [0.717, 1.165) is 18.9 Å². The maximum Gasteiger partial charge on any atom is 0.0991 e. The second-order valence-corrected chi connectivity index (χ2v) is 5.86. The molecule has 1 aromatic heterocycles. The Morgan fingerprint density at radius 2 is 2.10 bits per heavy atom. The molecule has 112 valence electrons. The number of nitrogens with zero attached hydrogens (tertiary/aromatic N) is 2. The zero-order valence-corrected chi connectivity index (χ0v) is 12.7. The van der Waals surface area contributed by atoms with Crippen LogP contribution < -0.4 is 5.32 Å². The third-order valence-electron chi connectivity index (χ3n) is 4.38. The third-order valence-corrected chi connectivity index (χ3v) is 4.38. The normalized spacial score (nSPS) is 21.3. The second-order valence-electron chi connectivity index (χ2n) is 5.86. The van der Waals surface area contributed by atoms with Crippen molar-refractivity contribution >= 4 is 0 Å². The maximum atomic E-state index is 5.47. The Balaban J connectivity index is 1.63. The summed E-state index contributed by atoms with van der Waals surface area (Å²) in [5.74, 6) is 0.637. The van der Waals surface area contributed by atoms with E-state index in [0.29, 0.717) is 18.0 Å². The predicted octanol–water partition coefficient (Wildman–Crippen LogP) is 2.95. The summed E-state index contributed by atoms with van der Waals surface area (Å²) in [6.07, 6.45) is 6.74. The van der Waals surface area contributed by atoms with Crippen LogP contribution in [-0.4, -0.2) is 28.8 Å². The summed E-state index contributed by atoms with van der Waals surface area (Å²) in [5, 5.41) is 3.69. The summed E-state index contributed by atoms with van der Waals surface area (Å²) < 4.78 is 7.49. The standard InChI is InChI=1S/C17H23N3O/c1-13(19-14(2)16-7-10-21-11-16)15-3-5-17(6-4-15)20-9-8-18-12-20/h3-6,8-9,12-14,16,19H,7,10-11H2,1-2H3. The van der Waals surface area contributed by atoms with Crippen LogP contribution in [-0.2, 0) is 4.74 Å².